The molecule has 1 heterocycles. The SMILES string of the molecule is CCN(CC)C(=O)CNC(=O)c1ncccc1C(=O)O. The number of hydrogen-bond donors (Lipinski definition) is 2. The number of aromatic carboxylic acids is 1. The molecule has 20 heavy (non-hydrogen) atoms. The van der Waals surface area contributed by atoms with Crippen molar-refractivity contribution in [2.45, 2.75) is 13.8 Å². The molecule has 0 aliphatic rings. The first-order valence-electron chi connectivity index (χ1n) is 6.25. The number of pyridine rings is 1. The maximum atomic E-state index is 11.9. The Hall–Kier alpha value is -2.44. The van der Waals surface area contributed by atoms with Crippen molar-refractivity contribution in [1.29, 1.82) is 0 Å². The molecule has 0 fully saturated rings. The largest absolute Gasteiger partial charge is 0.478 e. The monoisotopic (exact) mass is 279 g/mol. The highest BCUT2D eigenvalue weighted by Gasteiger charge is 2.18. The van der Waals surface area contributed by atoms with Gasteiger partial charge in [-0.1, -0.05) is 0 Å². The summed E-state index contributed by atoms with van der Waals surface area (Å²) in [7, 11) is 0. The lowest BCUT2D eigenvalue weighted by Gasteiger charge is -2.18. The van der Waals surface area contributed by atoms with E-state index in [-0.39, 0.29) is 23.7 Å². The van der Waals surface area contributed by atoms with Crippen molar-refractivity contribution >= 4 is 17.8 Å². The van der Waals surface area contributed by atoms with Crippen molar-refractivity contribution in [3.8, 4) is 0 Å². The highest BCUT2D eigenvalue weighted by molar-refractivity contribution is 6.04. The molecule has 0 radical (unpaired) electrons. The van der Waals surface area contributed by atoms with E-state index in [1.54, 1.807) is 4.90 Å². The van der Waals surface area contributed by atoms with Crippen LogP contribution in [0.5, 0.6) is 0 Å². The zero-order valence-electron chi connectivity index (χ0n) is 11.4. The summed E-state index contributed by atoms with van der Waals surface area (Å²) in [4.78, 5) is 39.9. The Morgan fingerprint density at radius 1 is 1.30 bits per heavy atom. The second kappa shape index (κ2) is 7.22. The Kier molecular flexibility index (Phi) is 5.64. The van der Waals surface area contributed by atoms with Gasteiger partial charge in [0.25, 0.3) is 5.91 Å². The molecule has 0 unspecified atom stereocenters. The Morgan fingerprint density at radius 2 is 1.95 bits per heavy atom. The maximum absolute atomic E-state index is 11.9. The molecule has 0 spiro atoms. The van der Waals surface area contributed by atoms with Gasteiger partial charge in [0.15, 0.2) is 0 Å². The van der Waals surface area contributed by atoms with Gasteiger partial charge in [-0.2, -0.15) is 0 Å². The van der Waals surface area contributed by atoms with Gasteiger partial charge < -0.3 is 15.3 Å². The number of carboxylic acids is 1. The maximum Gasteiger partial charge on any atom is 0.338 e. The predicted molar refractivity (Wildman–Crippen MR) is 71.5 cm³/mol. The van der Waals surface area contributed by atoms with Gasteiger partial charge >= 0.3 is 5.97 Å². The summed E-state index contributed by atoms with van der Waals surface area (Å²) in [5.74, 6) is -2.14. The van der Waals surface area contributed by atoms with Crippen LogP contribution in [0.25, 0.3) is 0 Å². The van der Waals surface area contributed by atoms with E-state index in [2.05, 4.69) is 10.3 Å². The minimum atomic E-state index is -1.24. The molecule has 1 rings (SSSR count). The molecule has 1 aromatic heterocycles. The lowest BCUT2D eigenvalue weighted by molar-refractivity contribution is -0.129. The van der Waals surface area contributed by atoms with Gasteiger partial charge in [0.2, 0.25) is 5.91 Å². The van der Waals surface area contributed by atoms with E-state index in [1.165, 1.54) is 18.3 Å². The molecule has 0 saturated carbocycles. The van der Waals surface area contributed by atoms with Crippen molar-refractivity contribution in [3.05, 3.63) is 29.6 Å². The molecule has 0 aliphatic carbocycles. The lowest BCUT2D eigenvalue weighted by Crippen LogP contribution is -2.40. The van der Waals surface area contributed by atoms with Crippen LogP contribution in [0.4, 0.5) is 0 Å². The third-order valence-electron chi connectivity index (χ3n) is 2.77. The van der Waals surface area contributed by atoms with Crippen LogP contribution in [0.15, 0.2) is 18.3 Å². The zero-order valence-corrected chi connectivity index (χ0v) is 11.4. The number of carboxylic acid groups (broad SMARTS) is 1. The third-order valence-corrected chi connectivity index (χ3v) is 2.77. The van der Waals surface area contributed by atoms with Crippen LogP contribution in [0.3, 0.4) is 0 Å². The fourth-order valence-electron chi connectivity index (χ4n) is 1.69. The van der Waals surface area contributed by atoms with E-state index >= 15 is 0 Å². The second-order valence-electron chi connectivity index (χ2n) is 3.95. The Morgan fingerprint density at radius 3 is 2.50 bits per heavy atom. The topological polar surface area (TPSA) is 99.6 Å². The highest BCUT2D eigenvalue weighted by Crippen LogP contribution is 2.05. The molecule has 0 aromatic carbocycles. The minimum Gasteiger partial charge on any atom is -0.478 e. The smallest absolute Gasteiger partial charge is 0.338 e. The fourth-order valence-corrected chi connectivity index (χ4v) is 1.69. The van der Waals surface area contributed by atoms with Crippen LogP contribution in [0.1, 0.15) is 34.7 Å². The molecule has 0 atom stereocenters. The van der Waals surface area contributed by atoms with Gasteiger partial charge in [0.05, 0.1) is 12.1 Å². The summed E-state index contributed by atoms with van der Waals surface area (Å²) in [5.41, 5.74) is -0.396. The van der Waals surface area contributed by atoms with E-state index < -0.39 is 11.9 Å². The molecule has 2 N–H and O–H groups in total. The van der Waals surface area contributed by atoms with Crippen LogP contribution in [0.2, 0.25) is 0 Å². The normalized spacial score (nSPS) is 9.90. The van der Waals surface area contributed by atoms with Crippen molar-refractivity contribution in [1.82, 2.24) is 15.2 Å². The van der Waals surface area contributed by atoms with E-state index in [4.69, 9.17) is 5.11 Å². The summed E-state index contributed by atoms with van der Waals surface area (Å²) in [5, 5.41) is 11.3. The lowest BCUT2D eigenvalue weighted by atomic mass is 10.2. The van der Waals surface area contributed by atoms with Crippen LogP contribution in [0, 0.1) is 0 Å². The quantitative estimate of drug-likeness (QED) is 0.784. The highest BCUT2D eigenvalue weighted by atomic mass is 16.4. The molecule has 0 saturated heterocycles. The molecule has 2 amide bonds. The van der Waals surface area contributed by atoms with Crippen LogP contribution in [-0.4, -0.2) is 52.4 Å². The number of carbonyl (C=O) groups excluding carboxylic acids is 2. The van der Waals surface area contributed by atoms with Crippen molar-refractivity contribution in [2.75, 3.05) is 19.6 Å². The first kappa shape index (κ1) is 15.6. The number of aromatic nitrogens is 1. The van der Waals surface area contributed by atoms with E-state index in [1.807, 2.05) is 13.8 Å². The van der Waals surface area contributed by atoms with Crippen LogP contribution >= 0.6 is 0 Å². The van der Waals surface area contributed by atoms with Crippen molar-refractivity contribution in [2.24, 2.45) is 0 Å². The Bertz CT molecular complexity index is 512. The average Bonchev–Trinajstić information content (AvgIpc) is 2.46. The van der Waals surface area contributed by atoms with E-state index in [0.29, 0.717) is 13.1 Å². The Labute approximate surface area is 116 Å². The number of amides is 2. The van der Waals surface area contributed by atoms with Crippen LogP contribution < -0.4 is 5.32 Å². The predicted octanol–water partition coefficient (Wildman–Crippen LogP) is 0.378. The molecule has 7 heteroatoms. The molecule has 7 nitrogen and oxygen atoms in total. The first-order chi connectivity index (χ1) is 9.51. The van der Waals surface area contributed by atoms with E-state index in [9.17, 15) is 14.4 Å². The number of hydrogen-bond acceptors (Lipinski definition) is 4. The molecule has 0 bridgehead atoms. The molecule has 108 valence electrons. The van der Waals surface area contributed by atoms with Crippen molar-refractivity contribution < 1.29 is 19.5 Å². The fraction of sp³-hybridized carbons (Fsp3) is 0.385. The number of nitrogens with zero attached hydrogens (tertiary/aromatic N) is 2. The Balaban J connectivity index is 2.73. The van der Waals surface area contributed by atoms with Crippen LogP contribution in [-0.2, 0) is 4.79 Å². The first-order valence-corrected chi connectivity index (χ1v) is 6.25. The van der Waals surface area contributed by atoms with Gasteiger partial charge in [0.1, 0.15) is 5.69 Å². The van der Waals surface area contributed by atoms with Gasteiger partial charge in [-0.15, -0.1) is 0 Å². The molecular weight excluding hydrogens is 262 g/mol. The average molecular weight is 279 g/mol. The summed E-state index contributed by atoms with van der Waals surface area (Å²) in [6.07, 6.45) is 1.33. The number of rotatable bonds is 6. The van der Waals surface area contributed by atoms with Gasteiger partial charge in [-0.05, 0) is 26.0 Å². The summed E-state index contributed by atoms with van der Waals surface area (Å²) in [6, 6.07) is 2.72. The summed E-state index contributed by atoms with van der Waals surface area (Å²) < 4.78 is 0. The van der Waals surface area contributed by atoms with Gasteiger partial charge in [-0.25, -0.2) is 4.79 Å². The summed E-state index contributed by atoms with van der Waals surface area (Å²) in [6.45, 7) is 4.59. The second-order valence-corrected chi connectivity index (χ2v) is 3.95. The summed E-state index contributed by atoms with van der Waals surface area (Å²) >= 11 is 0. The number of carbonyl (C=O) groups is 3. The number of nitrogens with one attached hydrogen (secondary N) is 1. The molecular formula is C13H17N3O4. The van der Waals surface area contributed by atoms with E-state index in [0.717, 1.165) is 0 Å². The molecule has 0 aliphatic heterocycles. The standard InChI is InChI=1S/C13H17N3O4/c1-3-16(4-2)10(17)8-15-12(18)11-9(13(19)20)6-5-7-14-11/h5-7H,3-4,8H2,1-2H3,(H,15,18)(H,19,20). The molecule has 1 aromatic rings. The van der Waals surface area contributed by atoms with Crippen molar-refractivity contribution in [3.63, 3.8) is 0 Å². The zero-order chi connectivity index (χ0) is 15.1. The minimum absolute atomic E-state index is 0.184. The van der Waals surface area contributed by atoms with Gasteiger partial charge in [-0.3, -0.25) is 14.6 Å². The number of likely N-dealkylation sites (N-methyl/N-ethyl adjacent to an activating group) is 1. The van der Waals surface area contributed by atoms with Gasteiger partial charge in [0, 0.05) is 19.3 Å². The third kappa shape index (κ3) is 3.78.